The van der Waals surface area contributed by atoms with Gasteiger partial charge in [0.25, 0.3) is 5.91 Å². The predicted octanol–water partition coefficient (Wildman–Crippen LogP) is 3.53. The Hall–Kier alpha value is -2.95. The summed E-state index contributed by atoms with van der Waals surface area (Å²) in [6, 6.07) is 9.62. The van der Waals surface area contributed by atoms with Gasteiger partial charge in [0.2, 0.25) is 10.0 Å². The minimum absolute atomic E-state index is 0.181. The predicted molar refractivity (Wildman–Crippen MR) is 132 cm³/mol. The number of halogens is 1. The maximum atomic E-state index is 13.5. The first-order chi connectivity index (χ1) is 16.7. The molecule has 0 radical (unpaired) electrons. The van der Waals surface area contributed by atoms with Crippen molar-refractivity contribution in [2.24, 2.45) is 0 Å². The minimum Gasteiger partial charge on any atom is -0.455 e. The fourth-order valence-electron chi connectivity index (χ4n) is 4.99. The van der Waals surface area contributed by atoms with Gasteiger partial charge in [0.1, 0.15) is 17.2 Å². The first-order valence-corrected chi connectivity index (χ1v) is 13.2. The minimum atomic E-state index is -3.22. The Kier molecular flexibility index (Phi) is 6.06. The molecule has 2 aliphatic rings. The van der Waals surface area contributed by atoms with Crippen LogP contribution in [0.3, 0.4) is 0 Å². The lowest BCUT2D eigenvalue weighted by Gasteiger charge is -2.26. The molecular weight excluding hydrogens is 473 g/mol. The topological polar surface area (TPSA) is 92.1 Å². The van der Waals surface area contributed by atoms with Crippen molar-refractivity contribution < 1.29 is 26.8 Å². The van der Waals surface area contributed by atoms with Gasteiger partial charge in [-0.3, -0.25) is 4.79 Å². The van der Waals surface area contributed by atoms with Crippen LogP contribution >= 0.6 is 0 Å². The molecule has 35 heavy (non-hydrogen) atoms. The highest BCUT2D eigenvalue weighted by Gasteiger charge is 2.34. The normalized spacial score (nSPS) is 22.2. The van der Waals surface area contributed by atoms with Crippen LogP contribution < -0.4 is 10.2 Å². The van der Waals surface area contributed by atoms with Crippen molar-refractivity contribution in [3.63, 3.8) is 0 Å². The number of furan rings is 1. The zero-order valence-corrected chi connectivity index (χ0v) is 20.7. The van der Waals surface area contributed by atoms with E-state index in [4.69, 9.17) is 9.15 Å². The molecule has 1 aromatic heterocycles. The summed E-state index contributed by atoms with van der Waals surface area (Å²) in [6.07, 6.45) is -0.0125. The third-order valence-electron chi connectivity index (χ3n) is 6.73. The second-order valence-corrected chi connectivity index (χ2v) is 11.2. The van der Waals surface area contributed by atoms with Gasteiger partial charge in [0, 0.05) is 62.0 Å². The largest absolute Gasteiger partial charge is 0.455 e. The van der Waals surface area contributed by atoms with Crippen LogP contribution in [0.15, 0.2) is 40.8 Å². The molecule has 0 unspecified atom stereocenters. The van der Waals surface area contributed by atoms with Crippen molar-refractivity contribution in [1.82, 2.24) is 9.62 Å². The Morgan fingerprint density at radius 2 is 1.97 bits per heavy atom. The summed E-state index contributed by atoms with van der Waals surface area (Å²) in [6.45, 7) is 3.25. The average Bonchev–Trinajstić information content (AvgIpc) is 3.33. The second kappa shape index (κ2) is 8.92. The number of amides is 1. The van der Waals surface area contributed by atoms with E-state index in [9.17, 15) is 17.6 Å². The highest BCUT2D eigenvalue weighted by molar-refractivity contribution is 7.89. The van der Waals surface area contributed by atoms with Gasteiger partial charge in [-0.15, -0.1) is 0 Å². The van der Waals surface area contributed by atoms with Gasteiger partial charge in [-0.05, 0) is 43.7 Å². The highest BCUT2D eigenvalue weighted by Crippen LogP contribution is 2.41. The Labute approximate surface area is 203 Å². The molecular formula is C25H28FN3O5S. The van der Waals surface area contributed by atoms with Crippen LogP contribution in [0.1, 0.15) is 35.4 Å². The van der Waals surface area contributed by atoms with E-state index in [1.54, 1.807) is 19.2 Å². The van der Waals surface area contributed by atoms with Gasteiger partial charge < -0.3 is 19.4 Å². The number of sulfonamides is 1. The molecule has 0 spiro atoms. The van der Waals surface area contributed by atoms with Crippen LogP contribution in [0.2, 0.25) is 0 Å². The van der Waals surface area contributed by atoms with Gasteiger partial charge in [-0.25, -0.2) is 12.8 Å². The summed E-state index contributed by atoms with van der Waals surface area (Å²) in [5.41, 5.74) is 3.26. The molecule has 0 bridgehead atoms. The standard InChI is InChI=1S/C25H28FN3O5S/c1-15-19-11-20-22(34-24(23(20)25(30)27-2)16-5-7-17(26)8-6-16)12-21(19)28(3)13-18(33-15)14-29-9-4-10-35(29,31)32/h5-8,11-12,15,18H,4,9-10,13-14H2,1-3H3,(H,27,30)/t15-,18-/m0/s1. The van der Waals surface area contributed by atoms with Crippen molar-refractivity contribution in [3.05, 3.63) is 53.3 Å². The number of fused-ring (bicyclic) bond motifs is 2. The first kappa shape index (κ1) is 23.8. The van der Waals surface area contributed by atoms with E-state index in [-0.39, 0.29) is 29.7 Å². The number of ether oxygens (including phenoxy) is 1. The lowest BCUT2D eigenvalue weighted by atomic mass is 10.00. The molecule has 2 atom stereocenters. The SMILES string of the molecule is CNC(=O)c1c(-c2ccc(F)cc2)oc2cc3c(cc12)[C@H](C)O[C@H](CN1CCCS1(=O)=O)CN3C. The van der Waals surface area contributed by atoms with Crippen molar-refractivity contribution in [1.29, 1.82) is 0 Å². The van der Waals surface area contributed by atoms with E-state index in [1.165, 1.54) is 16.4 Å². The second-order valence-electron chi connectivity index (χ2n) is 9.11. The zero-order valence-electron chi connectivity index (χ0n) is 19.9. The Morgan fingerprint density at radius 1 is 1.23 bits per heavy atom. The fourth-order valence-corrected chi connectivity index (χ4v) is 6.55. The number of benzene rings is 2. The van der Waals surface area contributed by atoms with Crippen molar-refractivity contribution in [3.8, 4) is 11.3 Å². The lowest BCUT2D eigenvalue weighted by molar-refractivity contribution is -0.00188. The summed E-state index contributed by atoms with van der Waals surface area (Å²) < 4.78 is 52.1. The van der Waals surface area contributed by atoms with Crippen molar-refractivity contribution >= 4 is 32.6 Å². The number of likely N-dealkylation sites (N-methyl/N-ethyl adjacent to an activating group) is 1. The number of hydrogen-bond donors (Lipinski definition) is 1. The Bertz CT molecular complexity index is 1390. The van der Waals surface area contributed by atoms with E-state index >= 15 is 0 Å². The van der Waals surface area contributed by atoms with Gasteiger partial charge in [-0.2, -0.15) is 4.31 Å². The molecule has 10 heteroatoms. The quantitative estimate of drug-likeness (QED) is 0.588. The molecule has 1 saturated heterocycles. The van der Waals surface area contributed by atoms with Crippen LogP contribution in [-0.4, -0.2) is 64.2 Å². The number of rotatable bonds is 4. The molecule has 1 N–H and O–H groups in total. The molecule has 186 valence electrons. The summed E-state index contributed by atoms with van der Waals surface area (Å²) >= 11 is 0. The van der Waals surface area contributed by atoms with Gasteiger partial charge in [-0.1, -0.05) is 0 Å². The zero-order chi connectivity index (χ0) is 24.9. The average molecular weight is 502 g/mol. The number of nitrogens with zero attached hydrogens (tertiary/aromatic N) is 2. The molecule has 0 saturated carbocycles. The number of carbonyl (C=O) groups excluding carboxylic acids is 1. The van der Waals surface area contributed by atoms with Crippen LogP contribution in [0.5, 0.6) is 0 Å². The third-order valence-corrected chi connectivity index (χ3v) is 8.65. The first-order valence-electron chi connectivity index (χ1n) is 11.6. The van der Waals surface area contributed by atoms with E-state index < -0.39 is 10.0 Å². The number of hydrogen-bond acceptors (Lipinski definition) is 6. The summed E-state index contributed by atoms with van der Waals surface area (Å²) in [5.74, 6) is -0.133. The lowest BCUT2D eigenvalue weighted by Crippen LogP contribution is -2.40. The molecule has 2 aromatic carbocycles. The molecule has 8 nitrogen and oxygen atoms in total. The number of carbonyl (C=O) groups is 1. The Balaban J connectivity index is 1.56. The van der Waals surface area contributed by atoms with Crippen molar-refractivity contribution in [2.45, 2.75) is 25.6 Å². The molecule has 1 fully saturated rings. The molecule has 0 aliphatic carbocycles. The molecule has 3 heterocycles. The summed E-state index contributed by atoms with van der Waals surface area (Å²) in [5, 5.41) is 3.30. The molecule has 1 amide bonds. The number of nitrogens with one attached hydrogen (secondary N) is 1. The molecule has 5 rings (SSSR count). The van der Waals surface area contributed by atoms with Gasteiger partial charge in [0.05, 0.1) is 23.5 Å². The van der Waals surface area contributed by atoms with Crippen molar-refractivity contribution in [2.75, 3.05) is 44.4 Å². The molecule has 2 aliphatic heterocycles. The van der Waals surface area contributed by atoms with Gasteiger partial charge in [0.15, 0.2) is 0 Å². The van der Waals surface area contributed by atoms with E-state index in [0.29, 0.717) is 53.9 Å². The van der Waals surface area contributed by atoms with Gasteiger partial charge >= 0.3 is 0 Å². The monoisotopic (exact) mass is 501 g/mol. The van der Waals surface area contributed by atoms with E-state index in [2.05, 4.69) is 5.32 Å². The van der Waals surface area contributed by atoms with Crippen LogP contribution in [0.4, 0.5) is 10.1 Å². The van der Waals surface area contributed by atoms with E-state index in [1.807, 2.05) is 31.0 Å². The third kappa shape index (κ3) is 4.30. The van der Waals surface area contributed by atoms with Crippen LogP contribution in [-0.2, 0) is 14.8 Å². The van der Waals surface area contributed by atoms with Crippen LogP contribution in [0.25, 0.3) is 22.3 Å². The van der Waals surface area contributed by atoms with Crippen LogP contribution in [0, 0.1) is 5.82 Å². The Morgan fingerprint density at radius 3 is 2.63 bits per heavy atom. The smallest absolute Gasteiger partial charge is 0.255 e. The summed E-state index contributed by atoms with van der Waals surface area (Å²) in [7, 11) is 0.260. The number of anilines is 1. The fraction of sp³-hybridized carbons (Fsp3) is 0.400. The maximum Gasteiger partial charge on any atom is 0.255 e. The highest BCUT2D eigenvalue weighted by atomic mass is 32.2. The summed E-state index contributed by atoms with van der Waals surface area (Å²) in [4.78, 5) is 14.9. The molecule has 3 aromatic rings. The van der Waals surface area contributed by atoms with E-state index in [0.717, 1.165) is 11.3 Å². The maximum absolute atomic E-state index is 13.5.